The number of aromatic amines is 1. The second-order valence-corrected chi connectivity index (χ2v) is 9.84. The van der Waals surface area contributed by atoms with Crippen LogP contribution in [0.5, 0.6) is 0 Å². The Bertz CT molecular complexity index is 1770. The highest BCUT2D eigenvalue weighted by Gasteiger charge is 2.33. The Kier molecular flexibility index (Phi) is 6.17. The molecule has 2 N–H and O–H groups in total. The van der Waals surface area contributed by atoms with Gasteiger partial charge in [0.15, 0.2) is 5.65 Å². The van der Waals surface area contributed by atoms with E-state index in [0.717, 1.165) is 16.6 Å². The number of carbonyl (C=O) groups is 2. The highest BCUT2D eigenvalue weighted by atomic mass is 35.5. The Balaban J connectivity index is 1.31. The molecule has 1 fully saturated rings. The fourth-order valence-electron chi connectivity index (χ4n) is 4.63. The molecule has 0 aliphatic carbocycles. The molecule has 5 aromatic rings. The lowest BCUT2D eigenvalue weighted by molar-refractivity contribution is -0.137. The van der Waals surface area contributed by atoms with Crippen molar-refractivity contribution in [1.82, 2.24) is 39.9 Å². The predicted octanol–water partition coefficient (Wildman–Crippen LogP) is 3.17. The zero-order chi connectivity index (χ0) is 27.1. The molecular formula is C27H22ClN9O2. The predicted molar refractivity (Wildman–Crippen MR) is 144 cm³/mol. The first-order valence-corrected chi connectivity index (χ1v) is 12.7. The van der Waals surface area contributed by atoms with Gasteiger partial charge in [-0.1, -0.05) is 17.7 Å². The first-order chi connectivity index (χ1) is 18.9. The van der Waals surface area contributed by atoms with Crippen LogP contribution in [0.3, 0.4) is 0 Å². The minimum Gasteiger partial charge on any atom is -0.344 e. The lowest BCUT2D eigenvalue weighted by atomic mass is 10.0. The number of carbonyl (C=O) groups excluding carboxylic acids is 2. The smallest absolute Gasteiger partial charge is 0.255 e. The van der Waals surface area contributed by atoms with E-state index in [0.29, 0.717) is 47.2 Å². The number of hydrogen-bond donors (Lipinski definition) is 2. The van der Waals surface area contributed by atoms with Crippen LogP contribution in [0.1, 0.15) is 23.0 Å². The zero-order valence-electron chi connectivity index (χ0n) is 20.8. The van der Waals surface area contributed by atoms with E-state index < -0.39 is 11.9 Å². The summed E-state index contributed by atoms with van der Waals surface area (Å²) in [4.78, 5) is 43.9. The number of pyridine rings is 1. The maximum atomic E-state index is 13.1. The largest absolute Gasteiger partial charge is 0.344 e. The summed E-state index contributed by atoms with van der Waals surface area (Å²) in [5.41, 5.74) is 3.78. The zero-order valence-corrected chi connectivity index (χ0v) is 21.6. The van der Waals surface area contributed by atoms with Crippen LogP contribution < -0.4 is 5.32 Å². The van der Waals surface area contributed by atoms with E-state index in [2.05, 4.69) is 26.3 Å². The monoisotopic (exact) mass is 539 g/mol. The van der Waals surface area contributed by atoms with Crippen molar-refractivity contribution in [2.45, 2.75) is 19.5 Å². The van der Waals surface area contributed by atoms with E-state index in [1.807, 2.05) is 35.0 Å². The standard InChI is InChI=1S/C27H22ClN9O2/c1-15(27(39)36-12-16(9-29)13-36)33-26(38)20-10-31-25-24(20)34-21(11-32-25)23-19-6-5-17(28)8-22(19)37(35-23)14-18-4-2-3-7-30-18/h2-8,10-11,15-16H,12-14H2,1H3,(H,31,32)(H,33,38)/t15-/m1/s1. The van der Waals surface area contributed by atoms with Gasteiger partial charge >= 0.3 is 0 Å². The van der Waals surface area contributed by atoms with Crippen LogP contribution in [-0.4, -0.2) is 65.6 Å². The van der Waals surface area contributed by atoms with Crippen molar-refractivity contribution in [1.29, 1.82) is 5.26 Å². The normalized spacial score (nSPS) is 14.2. The van der Waals surface area contributed by atoms with Crippen molar-refractivity contribution in [3.05, 3.63) is 71.3 Å². The molecule has 11 nitrogen and oxygen atoms in total. The van der Waals surface area contributed by atoms with E-state index in [4.69, 9.17) is 26.9 Å². The SMILES string of the molecule is C[C@@H](NC(=O)c1c[nH]c2ncc(-c3nn(Cc4ccccn4)c4cc(Cl)ccc34)nc12)C(=O)N1CC(C#N)C1. The van der Waals surface area contributed by atoms with Crippen molar-refractivity contribution < 1.29 is 9.59 Å². The summed E-state index contributed by atoms with van der Waals surface area (Å²) in [5, 5.41) is 17.9. The molecule has 4 aromatic heterocycles. The van der Waals surface area contributed by atoms with Gasteiger partial charge in [-0.15, -0.1) is 0 Å². The molecule has 194 valence electrons. The number of nitrogens with zero attached hydrogens (tertiary/aromatic N) is 7. The highest BCUT2D eigenvalue weighted by molar-refractivity contribution is 6.31. The van der Waals surface area contributed by atoms with Crippen LogP contribution in [0.25, 0.3) is 33.5 Å². The minimum atomic E-state index is -0.755. The highest BCUT2D eigenvalue weighted by Crippen LogP contribution is 2.30. The molecule has 12 heteroatoms. The van der Waals surface area contributed by atoms with Crippen molar-refractivity contribution >= 4 is 45.5 Å². The average Bonchev–Trinajstić information content (AvgIpc) is 3.49. The average molecular weight is 540 g/mol. The molecule has 0 saturated carbocycles. The molecule has 39 heavy (non-hydrogen) atoms. The molecule has 6 rings (SSSR count). The van der Waals surface area contributed by atoms with Gasteiger partial charge < -0.3 is 15.2 Å². The van der Waals surface area contributed by atoms with Gasteiger partial charge in [0.05, 0.1) is 41.5 Å². The van der Waals surface area contributed by atoms with Gasteiger partial charge in [-0.25, -0.2) is 9.97 Å². The number of amides is 2. The van der Waals surface area contributed by atoms with Crippen LogP contribution in [0.15, 0.2) is 55.0 Å². The van der Waals surface area contributed by atoms with Gasteiger partial charge in [-0.2, -0.15) is 10.4 Å². The quantitative estimate of drug-likeness (QED) is 0.337. The number of rotatable bonds is 6. The third-order valence-electron chi connectivity index (χ3n) is 6.71. The van der Waals surface area contributed by atoms with Gasteiger partial charge in [0.2, 0.25) is 5.91 Å². The molecule has 2 amide bonds. The van der Waals surface area contributed by atoms with Gasteiger partial charge in [-0.3, -0.25) is 19.3 Å². The van der Waals surface area contributed by atoms with E-state index in [1.54, 1.807) is 30.3 Å². The van der Waals surface area contributed by atoms with Crippen molar-refractivity contribution in [3.63, 3.8) is 0 Å². The maximum Gasteiger partial charge on any atom is 0.255 e. The van der Waals surface area contributed by atoms with Crippen LogP contribution in [0.2, 0.25) is 5.02 Å². The Morgan fingerprint density at radius 2 is 2.10 bits per heavy atom. The third kappa shape index (κ3) is 4.55. The number of fused-ring (bicyclic) bond motifs is 2. The first kappa shape index (κ1) is 24.5. The van der Waals surface area contributed by atoms with Gasteiger partial charge in [0, 0.05) is 35.9 Å². The van der Waals surface area contributed by atoms with Crippen LogP contribution in [0, 0.1) is 17.2 Å². The van der Waals surface area contributed by atoms with Crippen LogP contribution >= 0.6 is 11.6 Å². The number of likely N-dealkylation sites (tertiary alicyclic amines) is 1. The van der Waals surface area contributed by atoms with Crippen molar-refractivity contribution in [3.8, 4) is 17.5 Å². The summed E-state index contributed by atoms with van der Waals surface area (Å²) in [6.45, 7) is 2.81. The van der Waals surface area contributed by atoms with Gasteiger partial charge in [0.25, 0.3) is 5.91 Å². The summed E-state index contributed by atoms with van der Waals surface area (Å²) < 4.78 is 1.81. The number of hydrogen-bond acceptors (Lipinski definition) is 7. The maximum absolute atomic E-state index is 13.1. The van der Waals surface area contributed by atoms with Crippen LogP contribution in [0.4, 0.5) is 0 Å². The number of halogens is 1. The fourth-order valence-corrected chi connectivity index (χ4v) is 4.80. The lowest BCUT2D eigenvalue weighted by Gasteiger charge is -2.37. The number of H-pyrrole nitrogens is 1. The Labute approximate surface area is 227 Å². The van der Waals surface area contributed by atoms with E-state index >= 15 is 0 Å². The molecule has 0 unspecified atom stereocenters. The van der Waals surface area contributed by atoms with E-state index in [9.17, 15) is 9.59 Å². The topological polar surface area (TPSA) is 145 Å². The summed E-state index contributed by atoms with van der Waals surface area (Å²) in [6, 6.07) is 12.6. The second kappa shape index (κ2) is 9.81. The van der Waals surface area contributed by atoms with E-state index in [1.165, 1.54) is 6.20 Å². The van der Waals surface area contributed by atoms with Gasteiger partial charge in [-0.05, 0) is 37.3 Å². The van der Waals surface area contributed by atoms with E-state index in [-0.39, 0.29) is 17.4 Å². The van der Waals surface area contributed by atoms with Crippen LogP contribution in [-0.2, 0) is 11.3 Å². The van der Waals surface area contributed by atoms with Gasteiger partial charge in [0.1, 0.15) is 22.9 Å². The molecule has 1 aliphatic heterocycles. The second-order valence-electron chi connectivity index (χ2n) is 9.41. The molecule has 0 radical (unpaired) electrons. The Morgan fingerprint density at radius 1 is 1.26 bits per heavy atom. The molecule has 5 heterocycles. The summed E-state index contributed by atoms with van der Waals surface area (Å²) in [6.07, 6.45) is 4.85. The molecule has 0 spiro atoms. The number of benzene rings is 1. The fraction of sp³-hybridized carbons (Fsp3) is 0.222. The van der Waals surface area contributed by atoms with Crippen molar-refractivity contribution in [2.24, 2.45) is 5.92 Å². The van der Waals surface area contributed by atoms with Crippen molar-refractivity contribution in [2.75, 3.05) is 13.1 Å². The summed E-state index contributed by atoms with van der Waals surface area (Å²) in [5.74, 6) is -0.841. The summed E-state index contributed by atoms with van der Waals surface area (Å²) >= 11 is 6.30. The summed E-state index contributed by atoms with van der Waals surface area (Å²) in [7, 11) is 0. The molecule has 1 saturated heterocycles. The Morgan fingerprint density at radius 3 is 2.87 bits per heavy atom. The number of nitrogens with one attached hydrogen (secondary N) is 2. The first-order valence-electron chi connectivity index (χ1n) is 12.3. The minimum absolute atomic E-state index is 0.154. The lowest BCUT2D eigenvalue weighted by Crippen LogP contribution is -2.55. The molecule has 0 bridgehead atoms. The third-order valence-corrected chi connectivity index (χ3v) is 6.95. The Hall–Kier alpha value is -4.82. The molecular weight excluding hydrogens is 518 g/mol. The molecule has 1 aliphatic rings. The number of nitriles is 1. The number of aromatic nitrogens is 6. The molecule has 1 aromatic carbocycles. The molecule has 1 atom stereocenters.